The van der Waals surface area contributed by atoms with E-state index < -0.39 is 0 Å². The van der Waals surface area contributed by atoms with Crippen LogP contribution in [-0.2, 0) is 9.53 Å². The van der Waals surface area contributed by atoms with Gasteiger partial charge in [0.15, 0.2) is 11.0 Å². The molecule has 0 spiro atoms. The third-order valence-corrected chi connectivity index (χ3v) is 5.27. The predicted octanol–water partition coefficient (Wildman–Crippen LogP) is 3.58. The smallest absolute Gasteiger partial charge is 0.316 e. The van der Waals surface area contributed by atoms with E-state index in [1.54, 1.807) is 18.4 Å². The van der Waals surface area contributed by atoms with Gasteiger partial charge in [0.25, 0.3) is 0 Å². The Morgan fingerprint density at radius 1 is 1.28 bits per heavy atom. The summed E-state index contributed by atoms with van der Waals surface area (Å²) in [4.78, 5) is 12.5. The highest BCUT2D eigenvalue weighted by molar-refractivity contribution is 7.99. The normalized spacial score (nSPS) is 10.7. The molecular formula is C17H17N3O3S2. The van der Waals surface area contributed by atoms with Crippen LogP contribution in [0.15, 0.2) is 40.9 Å². The Bertz CT molecular complexity index is 875. The molecule has 3 rings (SSSR count). The molecule has 0 saturated carbocycles. The van der Waals surface area contributed by atoms with Gasteiger partial charge < -0.3 is 9.47 Å². The van der Waals surface area contributed by atoms with E-state index in [1.807, 2.05) is 47.2 Å². The Morgan fingerprint density at radius 2 is 2.12 bits per heavy atom. The number of aryl methyl sites for hydroxylation is 1. The molecule has 0 fully saturated rings. The Hall–Kier alpha value is -2.32. The maximum absolute atomic E-state index is 11.5. The van der Waals surface area contributed by atoms with Gasteiger partial charge in [0.05, 0.1) is 30.5 Å². The average molecular weight is 375 g/mol. The quantitative estimate of drug-likeness (QED) is 0.485. The second-order valence-corrected chi connectivity index (χ2v) is 7.05. The van der Waals surface area contributed by atoms with E-state index in [0.29, 0.717) is 16.7 Å². The standard InChI is InChI=1S/C17H17N3O3S2/c1-11-6-7-13(22-2)12(9-11)20-16(14-5-4-8-24-14)18-19-17(20)25-10-15(21)23-3/h4-9H,10H2,1-3H3. The van der Waals surface area contributed by atoms with Crippen LogP contribution in [0.4, 0.5) is 0 Å². The number of rotatable bonds is 6. The highest BCUT2D eigenvalue weighted by atomic mass is 32.2. The summed E-state index contributed by atoms with van der Waals surface area (Å²) in [5, 5.41) is 11.2. The van der Waals surface area contributed by atoms with Gasteiger partial charge in [0.1, 0.15) is 5.75 Å². The first-order chi connectivity index (χ1) is 12.1. The molecule has 0 aliphatic carbocycles. The Labute approximate surface area is 153 Å². The zero-order valence-electron chi connectivity index (χ0n) is 14.1. The zero-order valence-corrected chi connectivity index (χ0v) is 15.7. The molecule has 0 amide bonds. The van der Waals surface area contributed by atoms with Crippen LogP contribution in [0.5, 0.6) is 5.75 Å². The van der Waals surface area contributed by atoms with Crippen molar-refractivity contribution in [3.63, 3.8) is 0 Å². The number of carbonyl (C=O) groups is 1. The van der Waals surface area contributed by atoms with E-state index in [0.717, 1.165) is 16.1 Å². The number of benzene rings is 1. The first-order valence-electron chi connectivity index (χ1n) is 7.48. The highest BCUT2D eigenvalue weighted by Crippen LogP contribution is 2.34. The summed E-state index contributed by atoms with van der Waals surface area (Å²) in [6.07, 6.45) is 0. The molecule has 6 nitrogen and oxygen atoms in total. The topological polar surface area (TPSA) is 66.2 Å². The van der Waals surface area contributed by atoms with Crippen molar-refractivity contribution in [2.24, 2.45) is 0 Å². The lowest BCUT2D eigenvalue weighted by Gasteiger charge is -2.14. The van der Waals surface area contributed by atoms with Gasteiger partial charge in [-0.1, -0.05) is 23.9 Å². The number of aromatic nitrogens is 3. The molecule has 0 atom stereocenters. The lowest BCUT2D eigenvalue weighted by molar-refractivity contribution is -0.137. The van der Waals surface area contributed by atoms with Crippen LogP contribution in [0.1, 0.15) is 5.56 Å². The third kappa shape index (κ3) is 3.69. The number of ether oxygens (including phenoxy) is 2. The molecule has 0 saturated heterocycles. The summed E-state index contributed by atoms with van der Waals surface area (Å²) in [5.41, 5.74) is 1.92. The molecule has 0 bridgehead atoms. The number of thioether (sulfide) groups is 1. The number of hydrogen-bond donors (Lipinski definition) is 0. The number of carbonyl (C=O) groups excluding carboxylic acids is 1. The zero-order chi connectivity index (χ0) is 17.8. The van der Waals surface area contributed by atoms with Crippen LogP contribution < -0.4 is 4.74 Å². The van der Waals surface area contributed by atoms with E-state index in [-0.39, 0.29) is 11.7 Å². The van der Waals surface area contributed by atoms with E-state index in [2.05, 4.69) is 10.2 Å². The molecule has 1 aromatic carbocycles. The Morgan fingerprint density at radius 3 is 2.80 bits per heavy atom. The summed E-state index contributed by atoms with van der Waals surface area (Å²) >= 11 is 2.86. The van der Waals surface area contributed by atoms with E-state index in [4.69, 9.17) is 9.47 Å². The van der Waals surface area contributed by atoms with Crippen molar-refractivity contribution < 1.29 is 14.3 Å². The fourth-order valence-electron chi connectivity index (χ4n) is 2.30. The summed E-state index contributed by atoms with van der Waals surface area (Å²) in [6.45, 7) is 2.01. The molecule has 2 aromatic heterocycles. The number of hydrogen-bond acceptors (Lipinski definition) is 7. The fourth-order valence-corrected chi connectivity index (χ4v) is 3.78. The lowest BCUT2D eigenvalue weighted by Crippen LogP contribution is -2.06. The molecular weight excluding hydrogens is 358 g/mol. The number of esters is 1. The number of thiophene rings is 1. The second kappa shape index (κ2) is 7.71. The van der Waals surface area contributed by atoms with Crippen molar-refractivity contribution in [2.45, 2.75) is 12.1 Å². The Balaban J connectivity index is 2.13. The van der Waals surface area contributed by atoms with Crippen LogP contribution >= 0.6 is 23.1 Å². The molecule has 2 heterocycles. The van der Waals surface area contributed by atoms with Crippen LogP contribution in [-0.4, -0.2) is 40.7 Å². The largest absolute Gasteiger partial charge is 0.495 e. The first-order valence-corrected chi connectivity index (χ1v) is 9.34. The minimum absolute atomic E-state index is 0.160. The fraction of sp³-hybridized carbons (Fsp3) is 0.235. The monoisotopic (exact) mass is 375 g/mol. The van der Waals surface area contributed by atoms with Gasteiger partial charge in [-0.3, -0.25) is 9.36 Å². The maximum atomic E-state index is 11.5. The third-order valence-electron chi connectivity index (χ3n) is 3.50. The molecule has 25 heavy (non-hydrogen) atoms. The van der Waals surface area contributed by atoms with Crippen molar-refractivity contribution in [1.29, 1.82) is 0 Å². The first kappa shape index (κ1) is 17.5. The molecule has 0 unspecified atom stereocenters. The molecule has 0 radical (unpaired) electrons. The molecule has 3 aromatic rings. The van der Waals surface area contributed by atoms with Gasteiger partial charge in [-0.2, -0.15) is 0 Å². The summed E-state index contributed by atoms with van der Waals surface area (Å²) in [6, 6.07) is 9.87. The van der Waals surface area contributed by atoms with Gasteiger partial charge in [-0.15, -0.1) is 21.5 Å². The van der Waals surface area contributed by atoms with Crippen LogP contribution in [0, 0.1) is 6.92 Å². The van der Waals surface area contributed by atoms with E-state index >= 15 is 0 Å². The summed E-state index contributed by atoms with van der Waals surface area (Å²) < 4.78 is 12.2. The van der Waals surface area contributed by atoms with Crippen LogP contribution in [0.25, 0.3) is 16.4 Å². The van der Waals surface area contributed by atoms with Gasteiger partial charge in [-0.05, 0) is 36.1 Å². The lowest BCUT2D eigenvalue weighted by atomic mass is 10.2. The van der Waals surface area contributed by atoms with Gasteiger partial charge in [0.2, 0.25) is 0 Å². The van der Waals surface area contributed by atoms with Crippen molar-refractivity contribution in [1.82, 2.24) is 14.8 Å². The number of methoxy groups -OCH3 is 2. The van der Waals surface area contributed by atoms with Gasteiger partial charge in [-0.25, -0.2) is 0 Å². The summed E-state index contributed by atoms with van der Waals surface area (Å²) in [5.74, 6) is 1.27. The molecule has 0 aliphatic heterocycles. The molecule has 130 valence electrons. The second-order valence-electron chi connectivity index (χ2n) is 5.16. The SMILES string of the molecule is COC(=O)CSc1nnc(-c2cccs2)n1-c1cc(C)ccc1OC. The molecule has 0 aliphatic rings. The number of nitrogens with zero attached hydrogens (tertiary/aromatic N) is 3. The minimum atomic E-state index is -0.312. The summed E-state index contributed by atoms with van der Waals surface area (Å²) in [7, 11) is 3.00. The minimum Gasteiger partial charge on any atom is -0.495 e. The Kier molecular flexibility index (Phi) is 5.40. The van der Waals surface area contributed by atoms with Crippen molar-refractivity contribution >= 4 is 29.1 Å². The van der Waals surface area contributed by atoms with Crippen LogP contribution in [0.3, 0.4) is 0 Å². The van der Waals surface area contributed by atoms with Crippen molar-refractivity contribution in [2.75, 3.05) is 20.0 Å². The van der Waals surface area contributed by atoms with Crippen molar-refractivity contribution in [3.05, 3.63) is 41.3 Å². The maximum Gasteiger partial charge on any atom is 0.316 e. The van der Waals surface area contributed by atoms with Gasteiger partial charge >= 0.3 is 5.97 Å². The molecule has 0 N–H and O–H groups in total. The highest BCUT2D eigenvalue weighted by Gasteiger charge is 2.20. The predicted molar refractivity (Wildman–Crippen MR) is 98.7 cm³/mol. The van der Waals surface area contributed by atoms with E-state index in [9.17, 15) is 4.79 Å². The van der Waals surface area contributed by atoms with Gasteiger partial charge in [0, 0.05) is 0 Å². The van der Waals surface area contributed by atoms with Crippen LogP contribution in [0.2, 0.25) is 0 Å². The molecule has 8 heteroatoms. The van der Waals surface area contributed by atoms with Crippen molar-refractivity contribution in [3.8, 4) is 22.1 Å². The average Bonchev–Trinajstić information content (AvgIpc) is 3.28. The van der Waals surface area contributed by atoms with E-state index in [1.165, 1.54) is 18.9 Å².